The molecule has 0 radical (unpaired) electrons. The van der Waals surface area contributed by atoms with Crippen molar-refractivity contribution in [2.24, 2.45) is 0 Å². The Kier molecular flexibility index (Phi) is 5.46. The van der Waals surface area contributed by atoms with Crippen molar-refractivity contribution in [3.63, 3.8) is 0 Å². The summed E-state index contributed by atoms with van der Waals surface area (Å²) in [6.45, 7) is 3.91. The topological polar surface area (TPSA) is 95.5 Å². The van der Waals surface area contributed by atoms with Crippen molar-refractivity contribution < 1.29 is 13.2 Å². The van der Waals surface area contributed by atoms with Gasteiger partial charge in [0.2, 0.25) is 21.1 Å². The summed E-state index contributed by atoms with van der Waals surface area (Å²) in [5.41, 5.74) is 1.02. The Balaban J connectivity index is 1.28. The highest BCUT2D eigenvalue weighted by molar-refractivity contribution is 7.89. The van der Waals surface area contributed by atoms with Crippen LogP contribution >= 0.6 is 11.3 Å². The number of amides is 1. The van der Waals surface area contributed by atoms with Crippen LogP contribution < -0.4 is 5.32 Å². The normalized spacial score (nSPS) is 18.9. The fourth-order valence-electron chi connectivity index (χ4n) is 3.13. The van der Waals surface area contributed by atoms with Gasteiger partial charge in [-0.1, -0.05) is 29.0 Å². The number of benzene rings is 1. The second-order valence-corrected chi connectivity index (χ2v) is 10.2. The van der Waals surface area contributed by atoms with E-state index in [1.165, 1.54) is 15.6 Å². The third-order valence-electron chi connectivity index (χ3n) is 4.97. The van der Waals surface area contributed by atoms with Crippen molar-refractivity contribution >= 4 is 32.4 Å². The monoisotopic (exact) mass is 421 g/mol. The second kappa shape index (κ2) is 7.86. The molecule has 0 bridgehead atoms. The second-order valence-electron chi connectivity index (χ2n) is 7.26. The van der Waals surface area contributed by atoms with Gasteiger partial charge in [0.05, 0.1) is 11.4 Å². The summed E-state index contributed by atoms with van der Waals surface area (Å²) in [7, 11) is -3.49. The first kappa shape index (κ1) is 19.4. The Hall–Kier alpha value is -1.88. The lowest BCUT2D eigenvalue weighted by Gasteiger charge is -2.33. The number of carbonyl (C=O) groups excluding carboxylic acids is 1. The summed E-state index contributed by atoms with van der Waals surface area (Å²) in [5, 5.41) is 12.5. The van der Waals surface area contributed by atoms with Crippen molar-refractivity contribution in [3.05, 3.63) is 34.8 Å². The number of piperazine rings is 1. The number of aromatic nitrogens is 2. The number of rotatable bonds is 6. The summed E-state index contributed by atoms with van der Waals surface area (Å²) in [5.74, 6) is 0.375. The third-order valence-corrected chi connectivity index (χ3v) is 7.88. The lowest BCUT2D eigenvalue weighted by Crippen LogP contribution is -2.50. The molecule has 1 aromatic heterocycles. The molecule has 1 aliphatic carbocycles. The van der Waals surface area contributed by atoms with Crippen LogP contribution in [0.2, 0.25) is 0 Å². The summed E-state index contributed by atoms with van der Waals surface area (Å²) < 4.78 is 27.0. The highest BCUT2D eigenvalue weighted by Crippen LogP contribution is 2.42. The predicted octanol–water partition coefficient (Wildman–Crippen LogP) is 1.67. The molecule has 1 saturated heterocycles. The van der Waals surface area contributed by atoms with Crippen LogP contribution in [-0.4, -0.2) is 66.5 Å². The van der Waals surface area contributed by atoms with Crippen LogP contribution in [0.3, 0.4) is 0 Å². The zero-order chi connectivity index (χ0) is 19.7. The Morgan fingerprint density at radius 2 is 1.82 bits per heavy atom. The van der Waals surface area contributed by atoms with E-state index in [1.54, 1.807) is 24.3 Å². The average Bonchev–Trinajstić information content (AvgIpc) is 3.42. The molecule has 4 rings (SSSR count). The van der Waals surface area contributed by atoms with E-state index in [4.69, 9.17) is 0 Å². The van der Waals surface area contributed by atoms with E-state index in [1.807, 2.05) is 11.8 Å². The number of sulfonamides is 1. The zero-order valence-electron chi connectivity index (χ0n) is 15.7. The lowest BCUT2D eigenvalue weighted by atomic mass is 10.2. The first-order valence-corrected chi connectivity index (χ1v) is 11.6. The molecule has 1 N–H and O–H groups in total. The number of nitrogens with zero attached hydrogens (tertiary/aromatic N) is 4. The van der Waals surface area contributed by atoms with Crippen LogP contribution in [0.1, 0.15) is 29.3 Å². The van der Waals surface area contributed by atoms with Crippen LogP contribution in [0, 0.1) is 6.92 Å². The predicted molar refractivity (Wildman–Crippen MR) is 107 cm³/mol. The van der Waals surface area contributed by atoms with Crippen LogP contribution in [0.25, 0.3) is 0 Å². The first-order chi connectivity index (χ1) is 13.4. The molecule has 150 valence electrons. The number of nitrogens with one attached hydrogen (secondary N) is 1. The van der Waals surface area contributed by atoms with Gasteiger partial charge in [0.1, 0.15) is 5.01 Å². The number of hydrogen-bond donors (Lipinski definition) is 1. The molecule has 10 heteroatoms. The van der Waals surface area contributed by atoms with Gasteiger partial charge < -0.3 is 0 Å². The molecule has 1 aliphatic heterocycles. The van der Waals surface area contributed by atoms with Gasteiger partial charge >= 0.3 is 0 Å². The van der Waals surface area contributed by atoms with Gasteiger partial charge in [-0.25, -0.2) is 8.42 Å². The fourth-order valence-corrected chi connectivity index (χ4v) is 5.48. The van der Waals surface area contributed by atoms with E-state index in [0.29, 0.717) is 42.1 Å². The molecule has 1 aromatic carbocycles. The van der Waals surface area contributed by atoms with Crippen molar-refractivity contribution in [1.29, 1.82) is 0 Å². The van der Waals surface area contributed by atoms with Gasteiger partial charge in [-0.3, -0.25) is 15.0 Å². The van der Waals surface area contributed by atoms with E-state index >= 15 is 0 Å². The van der Waals surface area contributed by atoms with E-state index in [2.05, 4.69) is 15.5 Å². The summed E-state index contributed by atoms with van der Waals surface area (Å²) >= 11 is 1.44. The molecule has 28 heavy (non-hydrogen) atoms. The van der Waals surface area contributed by atoms with Crippen LogP contribution in [0.4, 0.5) is 5.13 Å². The fraction of sp³-hybridized carbons (Fsp3) is 0.500. The van der Waals surface area contributed by atoms with Crippen molar-refractivity contribution in [2.45, 2.75) is 30.6 Å². The standard InChI is InChI=1S/C18H23N5O3S2/c1-13-2-6-15(7-3-13)28(25,26)23-10-8-22(9-11-23)12-16(24)19-18-21-20-17(27-18)14-4-5-14/h2-3,6-7,14H,4-5,8-12H2,1H3,(H,19,21,24). The van der Waals surface area contributed by atoms with Gasteiger partial charge in [0.15, 0.2) is 0 Å². The Bertz CT molecular complexity index is 946. The van der Waals surface area contributed by atoms with Gasteiger partial charge in [-0.15, -0.1) is 10.2 Å². The summed E-state index contributed by atoms with van der Waals surface area (Å²) in [6, 6.07) is 6.88. The van der Waals surface area contributed by atoms with Crippen molar-refractivity contribution in [1.82, 2.24) is 19.4 Å². The molecular formula is C18H23N5O3S2. The van der Waals surface area contributed by atoms with E-state index in [-0.39, 0.29) is 12.5 Å². The molecule has 2 aliphatic rings. The van der Waals surface area contributed by atoms with Crippen LogP contribution in [0.15, 0.2) is 29.2 Å². The maximum absolute atomic E-state index is 12.7. The van der Waals surface area contributed by atoms with Gasteiger partial charge in [0.25, 0.3) is 0 Å². The van der Waals surface area contributed by atoms with E-state index in [0.717, 1.165) is 23.4 Å². The zero-order valence-corrected chi connectivity index (χ0v) is 17.3. The van der Waals surface area contributed by atoms with Crippen LogP contribution in [-0.2, 0) is 14.8 Å². The Labute approximate surface area is 168 Å². The number of carbonyl (C=O) groups is 1. The molecule has 2 fully saturated rings. The highest BCUT2D eigenvalue weighted by atomic mass is 32.2. The van der Waals surface area contributed by atoms with Crippen LogP contribution in [0.5, 0.6) is 0 Å². The number of aryl methyl sites for hydroxylation is 1. The van der Waals surface area contributed by atoms with Gasteiger partial charge in [0, 0.05) is 32.1 Å². The molecule has 0 spiro atoms. The quantitative estimate of drug-likeness (QED) is 0.762. The largest absolute Gasteiger partial charge is 0.299 e. The van der Waals surface area contributed by atoms with Gasteiger partial charge in [-0.05, 0) is 31.9 Å². The minimum Gasteiger partial charge on any atom is -0.299 e. The highest BCUT2D eigenvalue weighted by Gasteiger charge is 2.30. The van der Waals surface area contributed by atoms with Gasteiger partial charge in [-0.2, -0.15) is 4.31 Å². The molecule has 2 heterocycles. The minimum absolute atomic E-state index is 0.145. The Morgan fingerprint density at radius 1 is 1.14 bits per heavy atom. The molecular weight excluding hydrogens is 398 g/mol. The lowest BCUT2D eigenvalue weighted by molar-refractivity contribution is -0.117. The number of anilines is 1. The van der Waals surface area contributed by atoms with E-state index < -0.39 is 10.0 Å². The molecule has 8 nitrogen and oxygen atoms in total. The molecule has 2 aromatic rings. The summed E-state index contributed by atoms with van der Waals surface area (Å²) in [4.78, 5) is 14.5. The Morgan fingerprint density at radius 3 is 2.46 bits per heavy atom. The summed E-state index contributed by atoms with van der Waals surface area (Å²) in [6.07, 6.45) is 2.30. The smallest absolute Gasteiger partial charge is 0.243 e. The van der Waals surface area contributed by atoms with Crippen molar-refractivity contribution in [3.8, 4) is 0 Å². The maximum Gasteiger partial charge on any atom is 0.243 e. The first-order valence-electron chi connectivity index (χ1n) is 9.34. The molecule has 0 unspecified atom stereocenters. The molecule has 0 atom stereocenters. The van der Waals surface area contributed by atoms with E-state index in [9.17, 15) is 13.2 Å². The number of hydrogen-bond acceptors (Lipinski definition) is 7. The SMILES string of the molecule is Cc1ccc(S(=O)(=O)N2CCN(CC(=O)Nc3nnc(C4CC4)s3)CC2)cc1. The third kappa shape index (κ3) is 4.40. The molecule has 1 amide bonds. The average molecular weight is 422 g/mol. The maximum atomic E-state index is 12.7. The van der Waals surface area contributed by atoms with Crippen molar-refractivity contribution in [2.75, 3.05) is 38.0 Å². The molecule has 1 saturated carbocycles. The minimum atomic E-state index is -3.49.